The van der Waals surface area contributed by atoms with Crippen molar-refractivity contribution in [3.63, 3.8) is 0 Å². The fourth-order valence-electron chi connectivity index (χ4n) is 3.90. The third-order valence-corrected chi connectivity index (χ3v) is 5.65. The Balaban J connectivity index is 1.71. The highest BCUT2D eigenvalue weighted by molar-refractivity contribution is 6.30. The lowest BCUT2D eigenvalue weighted by molar-refractivity contribution is -0.134. The number of urea groups is 1. The van der Waals surface area contributed by atoms with Gasteiger partial charge in [-0.3, -0.25) is 19.4 Å². The maximum atomic E-state index is 12.5. The average Bonchev–Trinajstić information content (AvgIpc) is 3.07. The summed E-state index contributed by atoms with van der Waals surface area (Å²) in [6.45, 7) is 3.92. The third-order valence-electron chi connectivity index (χ3n) is 5.65. The number of hydrogen-bond donors (Lipinski definition) is 0. The van der Waals surface area contributed by atoms with Gasteiger partial charge in [0.25, 0.3) is 11.8 Å². The zero-order chi connectivity index (χ0) is 22.3. The molecule has 6 nitrogen and oxygen atoms in total. The van der Waals surface area contributed by atoms with E-state index in [0.717, 1.165) is 43.6 Å². The molecule has 0 bridgehead atoms. The van der Waals surface area contributed by atoms with Crippen LogP contribution in [-0.4, -0.2) is 46.3 Å². The second kappa shape index (κ2) is 7.72. The number of rotatable bonds is 3. The molecule has 156 valence electrons. The van der Waals surface area contributed by atoms with E-state index in [2.05, 4.69) is 41.0 Å². The molecule has 2 aromatic carbocycles. The molecule has 1 saturated heterocycles. The Morgan fingerprint density at radius 1 is 0.742 bits per heavy atom. The minimum absolute atomic E-state index is 0.0238. The third kappa shape index (κ3) is 3.46. The number of carbonyl (C=O) groups is 3. The van der Waals surface area contributed by atoms with Crippen molar-refractivity contribution >= 4 is 23.9 Å². The molecule has 6 heteroatoms. The lowest BCUT2D eigenvalue weighted by Crippen LogP contribution is -2.52. The van der Waals surface area contributed by atoms with Crippen LogP contribution in [0.1, 0.15) is 17.0 Å². The van der Waals surface area contributed by atoms with Crippen molar-refractivity contribution in [2.24, 2.45) is 0 Å². The van der Waals surface area contributed by atoms with Crippen LogP contribution < -0.4 is 0 Å². The number of barbiturate groups is 1. The van der Waals surface area contributed by atoms with Gasteiger partial charge in [-0.15, -0.1) is 0 Å². The summed E-state index contributed by atoms with van der Waals surface area (Å²) in [6, 6.07) is 19.7. The van der Waals surface area contributed by atoms with Crippen molar-refractivity contribution in [3.05, 3.63) is 83.2 Å². The number of nitrogens with zero attached hydrogens (tertiary/aromatic N) is 3. The van der Waals surface area contributed by atoms with Gasteiger partial charge in [-0.1, -0.05) is 42.5 Å². The summed E-state index contributed by atoms with van der Waals surface area (Å²) in [7, 11) is 2.75. The van der Waals surface area contributed by atoms with Crippen molar-refractivity contribution in [1.82, 2.24) is 14.4 Å². The Morgan fingerprint density at radius 2 is 1.29 bits per heavy atom. The molecule has 0 aliphatic carbocycles. The van der Waals surface area contributed by atoms with Crippen LogP contribution >= 0.6 is 0 Å². The molecule has 0 saturated carbocycles. The molecule has 4 amide bonds. The van der Waals surface area contributed by atoms with Crippen LogP contribution in [0.4, 0.5) is 4.79 Å². The van der Waals surface area contributed by atoms with Crippen molar-refractivity contribution < 1.29 is 14.4 Å². The largest absolute Gasteiger partial charge is 0.333 e. The SMILES string of the molecule is Cc1cc(C=C2C(=O)N(C)C(=O)N(C)C2=O)c(C)n1-c1ccc(-c2ccccc2)cc1. The summed E-state index contributed by atoms with van der Waals surface area (Å²) in [4.78, 5) is 38.9. The standard InChI is InChI=1S/C25H23N3O3/c1-16-14-20(15-22-23(29)26(3)25(31)27(4)24(22)30)17(2)28(16)21-12-10-19(11-13-21)18-8-6-5-7-9-18/h5-15H,1-4H3. The summed E-state index contributed by atoms with van der Waals surface area (Å²) in [5.41, 5.74) is 5.89. The molecule has 0 unspecified atom stereocenters. The van der Waals surface area contributed by atoms with Crippen LogP contribution in [-0.2, 0) is 9.59 Å². The first-order chi connectivity index (χ1) is 14.8. The van der Waals surface area contributed by atoms with Gasteiger partial charge in [0.1, 0.15) is 5.57 Å². The van der Waals surface area contributed by atoms with E-state index in [1.54, 1.807) is 6.08 Å². The van der Waals surface area contributed by atoms with Crippen LogP contribution in [0, 0.1) is 13.8 Å². The molecular weight excluding hydrogens is 390 g/mol. The van der Waals surface area contributed by atoms with Gasteiger partial charge in [-0.2, -0.15) is 0 Å². The monoisotopic (exact) mass is 413 g/mol. The lowest BCUT2D eigenvalue weighted by atomic mass is 10.1. The Morgan fingerprint density at radius 3 is 1.87 bits per heavy atom. The summed E-state index contributed by atoms with van der Waals surface area (Å²) in [6.07, 6.45) is 1.57. The topological polar surface area (TPSA) is 62.6 Å². The van der Waals surface area contributed by atoms with Crippen LogP contribution in [0.2, 0.25) is 0 Å². The molecule has 1 aromatic heterocycles. The zero-order valence-electron chi connectivity index (χ0n) is 17.9. The van der Waals surface area contributed by atoms with Crippen LogP contribution in [0.15, 0.2) is 66.2 Å². The molecule has 0 atom stereocenters. The molecule has 31 heavy (non-hydrogen) atoms. The fraction of sp³-hybridized carbons (Fsp3) is 0.160. The molecule has 0 N–H and O–H groups in total. The van der Waals surface area contributed by atoms with E-state index in [9.17, 15) is 14.4 Å². The van der Waals surface area contributed by atoms with Gasteiger partial charge in [-0.05, 0) is 54.8 Å². The number of amides is 4. The summed E-state index contributed by atoms with van der Waals surface area (Å²) < 4.78 is 2.08. The van der Waals surface area contributed by atoms with E-state index in [0.29, 0.717) is 0 Å². The first-order valence-electron chi connectivity index (χ1n) is 9.96. The van der Waals surface area contributed by atoms with Gasteiger partial charge in [0.15, 0.2) is 0 Å². The van der Waals surface area contributed by atoms with Crippen LogP contribution in [0.3, 0.4) is 0 Å². The van der Waals surface area contributed by atoms with Crippen molar-refractivity contribution in [2.75, 3.05) is 14.1 Å². The Hall–Kier alpha value is -3.93. The highest BCUT2D eigenvalue weighted by atomic mass is 16.2. The quantitative estimate of drug-likeness (QED) is 0.478. The Labute approximate surface area is 181 Å². The highest BCUT2D eigenvalue weighted by Gasteiger charge is 2.38. The fourth-order valence-corrected chi connectivity index (χ4v) is 3.90. The Kier molecular flexibility index (Phi) is 5.07. The molecule has 1 aliphatic rings. The van der Waals surface area contributed by atoms with Gasteiger partial charge in [0, 0.05) is 31.2 Å². The molecule has 4 rings (SSSR count). The number of hydrogen-bond acceptors (Lipinski definition) is 3. The molecule has 0 spiro atoms. The maximum absolute atomic E-state index is 12.5. The zero-order valence-corrected chi connectivity index (χ0v) is 17.9. The molecule has 2 heterocycles. The van der Waals surface area contributed by atoms with E-state index in [-0.39, 0.29) is 5.57 Å². The molecular formula is C25H23N3O3. The predicted octanol–water partition coefficient (Wildman–Crippen LogP) is 4.19. The van der Waals surface area contributed by atoms with Crippen LogP contribution in [0.5, 0.6) is 0 Å². The van der Waals surface area contributed by atoms with E-state index >= 15 is 0 Å². The van der Waals surface area contributed by atoms with E-state index in [1.165, 1.54) is 14.1 Å². The number of aromatic nitrogens is 1. The first-order valence-corrected chi connectivity index (χ1v) is 9.96. The van der Waals surface area contributed by atoms with Gasteiger partial charge in [0.05, 0.1) is 0 Å². The molecule has 1 fully saturated rings. The van der Waals surface area contributed by atoms with Gasteiger partial charge >= 0.3 is 6.03 Å². The summed E-state index contributed by atoms with van der Waals surface area (Å²) in [5, 5.41) is 0. The second-order valence-electron chi connectivity index (χ2n) is 7.64. The average molecular weight is 413 g/mol. The number of carbonyl (C=O) groups excluding carboxylic acids is 3. The predicted molar refractivity (Wildman–Crippen MR) is 120 cm³/mol. The normalized spacial score (nSPS) is 14.5. The minimum atomic E-state index is -0.629. The number of likely N-dealkylation sites (N-methyl/N-ethyl adjacent to an activating group) is 2. The first kappa shape index (κ1) is 20.3. The van der Waals surface area contributed by atoms with E-state index in [4.69, 9.17) is 0 Å². The highest BCUT2D eigenvalue weighted by Crippen LogP contribution is 2.27. The number of imide groups is 2. The minimum Gasteiger partial charge on any atom is -0.318 e. The van der Waals surface area contributed by atoms with Crippen LogP contribution in [0.25, 0.3) is 22.9 Å². The molecule has 3 aromatic rings. The number of aryl methyl sites for hydroxylation is 1. The van der Waals surface area contributed by atoms with Crippen molar-refractivity contribution in [2.45, 2.75) is 13.8 Å². The summed E-state index contributed by atoms with van der Waals surface area (Å²) >= 11 is 0. The molecule has 0 radical (unpaired) electrons. The van der Waals surface area contributed by atoms with E-state index < -0.39 is 17.8 Å². The maximum Gasteiger partial charge on any atom is 0.333 e. The van der Waals surface area contributed by atoms with Crippen molar-refractivity contribution in [1.29, 1.82) is 0 Å². The summed E-state index contributed by atoms with van der Waals surface area (Å²) in [5.74, 6) is -1.18. The van der Waals surface area contributed by atoms with Gasteiger partial charge in [0.2, 0.25) is 0 Å². The van der Waals surface area contributed by atoms with E-state index in [1.807, 2.05) is 38.1 Å². The smallest absolute Gasteiger partial charge is 0.318 e. The van der Waals surface area contributed by atoms with Gasteiger partial charge < -0.3 is 4.57 Å². The lowest BCUT2D eigenvalue weighted by Gasteiger charge is -2.28. The second-order valence-corrected chi connectivity index (χ2v) is 7.64. The van der Waals surface area contributed by atoms with Gasteiger partial charge in [-0.25, -0.2) is 4.79 Å². The number of benzene rings is 2. The van der Waals surface area contributed by atoms with Crippen molar-refractivity contribution in [3.8, 4) is 16.8 Å². The molecule has 1 aliphatic heterocycles. The Bertz CT molecular complexity index is 1190.